The van der Waals surface area contributed by atoms with Gasteiger partial charge in [-0.15, -0.1) is 0 Å². The van der Waals surface area contributed by atoms with Gasteiger partial charge in [-0.1, -0.05) is 33.1 Å². The van der Waals surface area contributed by atoms with Crippen LogP contribution in [0.3, 0.4) is 0 Å². The van der Waals surface area contributed by atoms with Crippen molar-refractivity contribution in [3.63, 3.8) is 0 Å². The van der Waals surface area contributed by atoms with Gasteiger partial charge in [-0.2, -0.15) is 0 Å². The normalized spacial score (nSPS) is 16.6. The standard InChI is InChI=1S/C12H20O4.K.Na.2H/c1-8(2)12(10(13)14,11(15)16)9-6-4-3-5-7-9;;;;/h8-9H,3-7H2,1-2H3,(H,13,14)(H,15,16);;;;. The summed E-state index contributed by atoms with van der Waals surface area (Å²) in [5.74, 6) is -2.97. The topological polar surface area (TPSA) is 74.6 Å². The zero-order valence-corrected chi connectivity index (χ0v) is 9.90. The average Bonchev–Trinajstić information content (AvgIpc) is 2.18. The Kier molecular flexibility index (Phi) is 11.5. The van der Waals surface area contributed by atoms with Crippen LogP contribution in [-0.4, -0.2) is 103 Å². The summed E-state index contributed by atoms with van der Waals surface area (Å²) < 4.78 is 0. The molecule has 0 aliphatic heterocycles. The zero-order chi connectivity index (χ0) is 12.3. The van der Waals surface area contributed by atoms with Gasteiger partial charge >= 0.3 is 92.9 Å². The van der Waals surface area contributed by atoms with Gasteiger partial charge in [-0.05, 0) is 24.7 Å². The first kappa shape index (κ1) is 21.9. The first-order valence-electron chi connectivity index (χ1n) is 5.90. The van der Waals surface area contributed by atoms with Crippen LogP contribution in [0.2, 0.25) is 0 Å². The van der Waals surface area contributed by atoms with Gasteiger partial charge in [0.1, 0.15) is 0 Å². The number of aliphatic carboxylic acids is 2. The Balaban J connectivity index is 0. The minimum atomic E-state index is -1.60. The molecule has 96 valence electrons. The van der Waals surface area contributed by atoms with Gasteiger partial charge in [-0.25, -0.2) is 0 Å². The van der Waals surface area contributed by atoms with E-state index in [1.165, 1.54) is 0 Å². The van der Waals surface area contributed by atoms with Crippen LogP contribution in [0.15, 0.2) is 0 Å². The third kappa shape index (κ3) is 4.28. The predicted molar refractivity (Wildman–Crippen MR) is 73.4 cm³/mol. The molecular formula is C12H22KNaO4. The fourth-order valence-corrected chi connectivity index (χ4v) is 2.96. The van der Waals surface area contributed by atoms with E-state index >= 15 is 0 Å². The Hall–Kier alpha value is 1.58. The number of hydrogen-bond acceptors (Lipinski definition) is 2. The molecule has 6 heteroatoms. The average molecular weight is 292 g/mol. The molecule has 0 atom stereocenters. The molecule has 0 aromatic rings. The Labute approximate surface area is 173 Å². The first-order valence-corrected chi connectivity index (χ1v) is 5.90. The summed E-state index contributed by atoms with van der Waals surface area (Å²) in [6.45, 7) is 3.38. The minimum absolute atomic E-state index is 0. The fourth-order valence-electron chi connectivity index (χ4n) is 2.96. The molecule has 0 spiro atoms. The van der Waals surface area contributed by atoms with Crippen LogP contribution in [0.25, 0.3) is 0 Å². The van der Waals surface area contributed by atoms with E-state index in [4.69, 9.17) is 0 Å². The fraction of sp³-hybridized carbons (Fsp3) is 0.833. The van der Waals surface area contributed by atoms with Crippen LogP contribution in [0.4, 0.5) is 0 Å². The Morgan fingerprint density at radius 2 is 1.44 bits per heavy atom. The van der Waals surface area contributed by atoms with Crippen LogP contribution < -0.4 is 0 Å². The van der Waals surface area contributed by atoms with Gasteiger partial charge in [0.05, 0.1) is 0 Å². The van der Waals surface area contributed by atoms with Gasteiger partial charge in [0, 0.05) is 0 Å². The van der Waals surface area contributed by atoms with Crippen molar-refractivity contribution in [2.45, 2.75) is 46.0 Å². The first-order chi connectivity index (χ1) is 7.44. The summed E-state index contributed by atoms with van der Waals surface area (Å²) in [6, 6.07) is 0. The quantitative estimate of drug-likeness (QED) is 0.600. The summed E-state index contributed by atoms with van der Waals surface area (Å²) >= 11 is 0. The summed E-state index contributed by atoms with van der Waals surface area (Å²) in [5, 5.41) is 18.7. The number of carbonyl (C=O) groups is 2. The van der Waals surface area contributed by atoms with Crippen LogP contribution in [0, 0.1) is 17.3 Å². The van der Waals surface area contributed by atoms with Gasteiger partial charge in [0.15, 0.2) is 5.41 Å². The summed E-state index contributed by atoms with van der Waals surface area (Å²) in [7, 11) is 0. The molecule has 0 aromatic heterocycles. The molecule has 0 aromatic carbocycles. The van der Waals surface area contributed by atoms with Crippen LogP contribution in [-0.2, 0) is 9.59 Å². The molecule has 2 N–H and O–H groups in total. The molecule has 0 saturated heterocycles. The van der Waals surface area contributed by atoms with Crippen molar-refractivity contribution in [1.29, 1.82) is 0 Å². The second-order valence-electron chi connectivity index (χ2n) is 4.97. The van der Waals surface area contributed by atoms with Crippen LogP contribution >= 0.6 is 0 Å². The zero-order valence-electron chi connectivity index (χ0n) is 9.90. The van der Waals surface area contributed by atoms with Crippen molar-refractivity contribution in [3.05, 3.63) is 0 Å². The molecular weight excluding hydrogens is 270 g/mol. The second kappa shape index (κ2) is 9.50. The van der Waals surface area contributed by atoms with Crippen molar-refractivity contribution in [1.82, 2.24) is 0 Å². The molecule has 0 unspecified atom stereocenters. The van der Waals surface area contributed by atoms with Crippen molar-refractivity contribution < 1.29 is 19.8 Å². The molecule has 1 rings (SSSR count). The maximum absolute atomic E-state index is 11.4. The molecule has 4 nitrogen and oxygen atoms in total. The van der Waals surface area contributed by atoms with E-state index in [1.54, 1.807) is 13.8 Å². The number of carboxylic acids is 2. The van der Waals surface area contributed by atoms with Crippen LogP contribution in [0.5, 0.6) is 0 Å². The Bertz CT molecular complexity index is 274. The number of rotatable bonds is 4. The van der Waals surface area contributed by atoms with E-state index in [9.17, 15) is 19.8 Å². The molecule has 1 aliphatic rings. The number of hydrogen-bond donors (Lipinski definition) is 2. The van der Waals surface area contributed by atoms with E-state index in [2.05, 4.69) is 0 Å². The predicted octanol–water partition coefficient (Wildman–Crippen LogP) is 1.08. The molecule has 0 bridgehead atoms. The molecule has 18 heavy (non-hydrogen) atoms. The van der Waals surface area contributed by atoms with E-state index in [-0.39, 0.29) is 92.8 Å². The van der Waals surface area contributed by atoms with Crippen molar-refractivity contribution >= 4 is 92.9 Å². The maximum atomic E-state index is 11.4. The summed E-state index contributed by atoms with van der Waals surface area (Å²) in [6.07, 6.45) is 4.41. The second-order valence-corrected chi connectivity index (χ2v) is 4.97. The third-order valence-electron chi connectivity index (χ3n) is 3.87. The van der Waals surface area contributed by atoms with Crippen molar-refractivity contribution in [2.75, 3.05) is 0 Å². The molecule has 0 radical (unpaired) electrons. The van der Waals surface area contributed by atoms with E-state index < -0.39 is 17.4 Å². The van der Waals surface area contributed by atoms with E-state index in [1.807, 2.05) is 0 Å². The SMILES string of the molecule is CC(C)C(C(=O)O)(C(=O)O)C1CCCCC1.[KH].[NaH]. The molecule has 1 saturated carbocycles. The van der Waals surface area contributed by atoms with Gasteiger partial charge in [0.2, 0.25) is 0 Å². The summed E-state index contributed by atoms with van der Waals surface area (Å²) in [5.41, 5.74) is -1.60. The van der Waals surface area contributed by atoms with Crippen LogP contribution in [0.1, 0.15) is 46.0 Å². The Morgan fingerprint density at radius 3 is 1.72 bits per heavy atom. The molecule has 1 aliphatic carbocycles. The van der Waals surface area contributed by atoms with E-state index in [0.29, 0.717) is 0 Å². The molecule has 1 fully saturated rings. The van der Waals surface area contributed by atoms with Crippen molar-refractivity contribution in [3.8, 4) is 0 Å². The third-order valence-corrected chi connectivity index (χ3v) is 3.87. The van der Waals surface area contributed by atoms with E-state index in [0.717, 1.165) is 32.1 Å². The van der Waals surface area contributed by atoms with Gasteiger partial charge in [-0.3, -0.25) is 9.59 Å². The molecule has 0 amide bonds. The summed E-state index contributed by atoms with van der Waals surface area (Å²) in [4.78, 5) is 22.8. The Morgan fingerprint density at radius 1 is 1.06 bits per heavy atom. The van der Waals surface area contributed by atoms with Crippen molar-refractivity contribution in [2.24, 2.45) is 17.3 Å². The number of carboxylic acid groups (broad SMARTS) is 2. The monoisotopic (exact) mass is 292 g/mol. The molecule has 0 heterocycles. The van der Waals surface area contributed by atoms with Gasteiger partial charge < -0.3 is 10.2 Å². The van der Waals surface area contributed by atoms with Gasteiger partial charge in [0.25, 0.3) is 0 Å².